The third-order valence-corrected chi connectivity index (χ3v) is 5.27. The second-order valence-corrected chi connectivity index (χ2v) is 7.38. The summed E-state index contributed by atoms with van der Waals surface area (Å²) in [6, 6.07) is 19.6. The molecule has 0 radical (unpaired) electrons. The van der Waals surface area contributed by atoms with Crippen LogP contribution in [0.3, 0.4) is 0 Å². The van der Waals surface area contributed by atoms with Crippen LogP contribution in [0.5, 0.6) is 0 Å². The Labute approximate surface area is 168 Å². The van der Waals surface area contributed by atoms with E-state index in [0.29, 0.717) is 33.4 Å². The molecule has 1 aromatic heterocycles. The number of benzene rings is 3. The van der Waals surface area contributed by atoms with Crippen LogP contribution < -0.4 is 9.86 Å². The van der Waals surface area contributed by atoms with Gasteiger partial charge in [0.05, 0.1) is 22.5 Å². The largest absolute Gasteiger partial charge is 0.289 e. The Bertz CT molecular complexity index is 1290. The van der Waals surface area contributed by atoms with Crippen LogP contribution in [0.1, 0.15) is 0 Å². The van der Waals surface area contributed by atoms with Crippen molar-refractivity contribution in [2.45, 2.75) is 0 Å². The summed E-state index contributed by atoms with van der Waals surface area (Å²) in [4.78, 5) is 13.0. The number of halogens is 1. The first-order valence-electron chi connectivity index (χ1n) is 8.69. The van der Waals surface area contributed by atoms with E-state index in [-0.39, 0.29) is 5.56 Å². The Balaban J connectivity index is 1.99. The summed E-state index contributed by atoms with van der Waals surface area (Å²) in [5.41, 5.74) is 1.85. The Kier molecular flexibility index (Phi) is 4.96. The van der Waals surface area contributed by atoms with Crippen molar-refractivity contribution in [2.24, 2.45) is 0 Å². The molecule has 0 bridgehead atoms. The molecule has 1 unspecified atom stereocenters. The molecule has 1 heterocycles. The van der Waals surface area contributed by atoms with Crippen molar-refractivity contribution < 1.29 is 13.2 Å². The quantitative estimate of drug-likeness (QED) is 0.521. The molecular formula is C21H16FN3O3S. The number of fused-ring (bicyclic) bond motifs is 1. The molecule has 0 fully saturated rings. The lowest BCUT2D eigenvalue weighted by atomic mass is 10.0. The van der Waals surface area contributed by atoms with Crippen LogP contribution in [-0.4, -0.2) is 25.6 Å². The van der Waals surface area contributed by atoms with Crippen LogP contribution in [0.4, 0.5) is 10.1 Å². The minimum Gasteiger partial charge on any atom is -0.289 e. The molecule has 0 aliphatic rings. The van der Waals surface area contributed by atoms with Crippen LogP contribution in [0.2, 0.25) is 0 Å². The Morgan fingerprint density at radius 3 is 2.38 bits per heavy atom. The number of hydrogen-bond donors (Lipinski definition) is 1. The van der Waals surface area contributed by atoms with Crippen LogP contribution in [0.15, 0.2) is 77.6 Å². The normalized spacial score (nSPS) is 12.1. The van der Waals surface area contributed by atoms with Crippen molar-refractivity contribution >= 4 is 27.7 Å². The molecule has 0 spiro atoms. The van der Waals surface area contributed by atoms with Gasteiger partial charge in [0.1, 0.15) is 5.82 Å². The summed E-state index contributed by atoms with van der Waals surface area (Å²) < 4.78 is 36.6. The van der Waals surface area contributed by atoms with Crippen molar-refractivity contribution in [2.75, 3.05) is 11.4 Å². The van der Waals surface area contributed by atoms with E-state index in [0.717, 1.165) is 0 Å². The summed E-state index contributed by atoms with van der Waals surface area (Å²) >= 11 is -2.17. The van der Waals surface area contributed by atoms with E-state index in [1.165, 1.54) is 40.3 Å². The van der Waals surface area contributed by atoms with Crippen molar-refractivity contribution in [3.05, 3.63) is 89.0 Å². The average molecular weight is 409 g/mol. The first-order valence-corrected chi connectivity index (χ1v) is 9.75. The van der Waals surface area contributed by atoms with Gasteiger partial charge in [-0.05, 0) is 42.5 Å². The van der Waals surface area contributed by atoms with Gasteiger partial charge in [-0.3, -0.25) is 13.7 Å². The lowest BCUT2D eigenvalue weighted by molar-refractivity contribution is 0.562. The molecule has 1 N–H and O–H groups in total. The van der Waals surface area contributed by atoms with Crippen molar-refractivity contribution in [1.29, 1.82) is 0 Å². The number of rotatable bonds is 4. The predicted octanol–water partition coefficient (Wildman–Crippen LogP) is 3.76. The molecule has 146 valence electrons. The fraction of sp³-hybridized carbons (Fsp3) is 0.0476. The predicted molar refractivity (Wildman–Crippen MR) is 112 cm³/mol. The average Bonchev–Trinajstić information content (AvgIpc) is 2.74. The first kappa shape index (κ1) is 19.0. The molecule has 4 rings (SSSR count). The number of anilines is 1. The molecule has 6 nitrogen and oxygen atoms in total. The van der Waals surface area contributed by atoms with E-state index >= 15 is 0 Å². The highest BCUT2D eigenvalue weighted by atomic mass is 32.2. The van der Waals surface area contributed by atoms with Gasteiger partial charge in [-0.15, -0.1) is 0 Å². The molecule has 0 aliphatic heterocycles. The maximum Gasteiger partial charge on any atom is 0.279 e. The van der Waals surface area contributed by atoms with E-state index in [1.807, 2.05) is 12.1 Å². The second kappa shape index (κ2) is 7.57. The highest BCUT2D eigenvalue weighted by molar-refractivity contribution is 7.80. The maximum absolute atomic E-state index is 13.3. The van der Waals surface area contributed by atoms with Gasteiger partial charge in [0.2, 0.25) is 0 Å². The monoisotopic (exact) mass is 409 g/mol. The number of hydrogen-bond acceptors (Lipinski definition) is 3. The zero-order chi connectivity index (χ0) is 20.5. The third kappa shape index (κ3) is 3.55. The van der Waals surface area contributed by atoms with E-state index in [4.69, 9.17) is 0 Å². The van der Waals surface area contributed by atoms with Gasteiger partial charge in [0.25, 0.3) is 16.8 Å². The topological polar surface area (TPSA) is 75.4 Å². The fourth-order valence-corrected chi connectivity index (χ4v) is 3.39. The molecule has 0 saturated carbocycles. The SMILES string of the molecule is CN(c1cccc(-c2nn(-c3ccc(F)cc3)c(=O)c3ccccc23)c1)S(=O)O. The highest BCUT2D eigenvalue weighted by Gasteiger charge is 2.15. The van der Waals surface area contributed by atoms with Gasteiger partial charge in [-0.25, -0.2) is 8.60 Å². The Hall–Kier alpha value is -3.36. The summed E-state index contributed by atoms with van der Waals surface area (Å²) in [7, 11) is 1.50. The second-order valence-electron chi connectivity index (χ2n) is 6.37. The molecule has 0 saturated heterocycles. The third-order valence-electron chi connectivity index (χ3n) is 4.59. The standard InChI is InChI=1S/C21H16FN3O3S/c1-24(29(27)28)17-6-4-5-14(13-17)20-18-7-2-3-8-19(18)21(26)25(23-20)16-11-9-15(22)10-12-16/h2-13H,1H3,(H,27,28). The van der Waals surface area contributed by atoms with Crippen molar-refractivity contribution in [3.63, 3.8) is 0 Å². The van der Waals surface area contributed by atoms with E-state index in [2.05, 4.69) is 5.10 Å². The first-order chi connectivity index (χ1) is 14.0. The van der Waals surface area contributed by atoms with Crippen LogP contribution >= 0.6 is 0 Å². The van der Waals surface area contributed by atoms with Gasteiger partial charge < -0.3 is 0 Å². The molecular weight excluding hydrogens is 393 g/mol. The molecule has 0 aliphatic carbocycles. The van der Waals surface area contributed by atoms with Gasteiger partial charge in [-0.2, -0.15) is 9.78 Å². The van der Waals surface area contributed by atoms with Gasteiger partial charge in [-0.1, -0.05) is 30.3 Å². The summed E-state index contributed by atoms with van der Waals surface area (Å²) in [6.45, 7) is 0. The molecule has 0 amide bonds. The van der Waals surface area contributed by atoms with E-state index in [9.17, 15) is 17.9 Å². The number of aromatic nitrogens is 2. The smallest absolute Gasteiger partial charge is 0.279 e. The number of nitrogens with zero attached hydrogens (tertiary/aromatic N) is 3. The summed E-state index contributed by atoms with van der Waals surface area (Å²) in [5, 5.41) is 5.66. The maximum atomic E-state index is 13.3. The van der Waals surface area contributed by atoms with Crippen molar-refractivity contribution in [3.8, 4) is 16.9 Å². The Morgan fingerprint density at radius 2 is 1.69 bits per heavy atom. The summed E-state index contributed by atoms with van der Waals surface area (Å²) in [6.07, 6.45) is 0. The fourth-order valence-electron chi connectivity index (χ4n) is 3.10. The zero-order valence-electron chi connectivity index (χ0n) is 15.3. The summed E-state index contributed by atoms with van der Waals surface area (Å²) in [5.74, 6) is -0.407. The van der Waals surface area contributed by atoms with Crippen LogP contribution in [0.25, 0.3) is 27.7 Å². The Morgan fingerprint density at radius 1 is 1.00 bits per heavy atom. The molecule has 4 aromatic rings. The minimum atomic E-state index is -2.17. The van der Waals surface area contributed by atoms with Crippen molar-refractivity contribution in [1.82, 2.24) is 9.78 Å². The van der Waals surface area contributed by atoms with Crippen LogP contribution in [0, 0.1) is 5.82 Å². The van der Waals surface area contributed by atoms with E-state index in [1.54, 1.807) is 36.4 Å². The highest BCUT2D eigenvalue weighted by Crippen LogP contribution is 2.28. The van der Waals surface area contributed by atoms with Gasteiger partial charge >= 0.3 is 0 Å². The van der Waals surface area contributed by atoms with Gasteiger partial charge in [0, 0.05) is 18.0 Å². The minimum absolute atomic E-state index is 0.319. The zero-order valence-corrected chi connectivity index (χ0v) is 16.1. The molecule has 29 heavy (non-hydrogen) atoms. The van der Waals surface area contributed by atoms with Crippen LogP contribution in [-0.2, 0) is 11.3 Å². The van der Waals surface area contributed by atoms with E-state index < -0.39 is 17.1 Å². The molecule has 3 aromatic carbocycles. The van der Waals surface area contributed by atoms with Gasteiger partial charge in [0.15, 0.2) is 0 Å². The lowest BCUT2D eigenvalue weighted by Gasteiger charge is -2.16. The lowest BCUT2D eigenvalue weighted by Crippen LogP contribution is -2.22. The molecule has 1 atom stereocenters. The molecule has 8 heteroatoms.